The number of carbonyl (C=O) groups is 1. The molecule has 0 atom stereocenters. The number of aliphatic imine (C=N–C) groups is 1. The summed E-state index contributed by atoms with van der Waals surface area (Å²) in [6.45, 7) is 1.87. The molecule has 0 radical (unpaired) electrons. The number of carbonyl (C=O) groups excluding carboxylic acids is 1. The number of halogens is 1. The van der Waals surface area contributed by atoms with Crippen molar-refractivity contribution in [3.05, 3.63) is 74.7 Å². The standard InChI is InChI=1S/C19H14ClN5O4/c1-2-29-19(26)14-9-21-16-11(17(23-14)10-5-3-4-6-13(10)20)7-15(25(27)28)18-12(16)8-22-24-18/h3-9,21H,2H2,1H3,(H,22,24). The molecule has 9 nitrogen and oxygen atoms in total. The number of aromatic nitrogens is 2. The zero-order chi connectivity index (χ0) is 20.5. The normalized spacial score (nSPS) is 13.0. The van der Waals surface area contributed by atoms with Crippen molar-refractivity contribution in [2.45, 2.75) is 6.92 Å². The van der Waals surface area contributed by atoms with Crippen molar-refractivity contribution in [1.29, 1.82) is 0 Å². The highest BCUT2D eigenvalue weighted by molar-refractivity contribution is 6.36. The molecular weight excluding hydrogens is 398 g/mol. The summed E-state index contributed by atoms with van der Waals surface area (Å²) in [5, 5.41) is 22.1. The van der Waals surface area contributed by atoms with E-state index in [-0.39, 0.29) is 23.5 Å². The van der Waals surface area contributed by atoms with Crippen LogP contribution in [0.5, 0.6) is 0 Å². The molecule has 0 fully saturated rings. The molecule has 0 unspecified atom stereocenters. The Balaban J connectivity index is 2.04. The highest BCUT2D eigenvalue weighted by Crippen LogP contribution is 2.37. The van der Waals surface area contributed by atoms with Crippen LogP contribution >= 0.6 is 11.6 Å². The molecule has 3 aromatic rings. The second-order valence-electron chi connectivity index (χ2n) is 6.07. The Kier molecular flexibility index (Phi) is 4.73. The van der Waals surface area contributed by atoms with E-state index in [1.165, 1.54) is 18.5 Å². The third-order valence-electron chi connectivity index (χ3n) is 4.37. The molecular formula is C19H14ClN5O4. The lowest BCUT2D eigenvalue weighted by Gasteiger charge is -2.12. The number of nitro groups is 1. The SMILES string of the molecule is CCOC(=O)C1=CNc2c(cc([N+](=O)[O-])c3[nH]ncc23)C(c2ccccc2Cl)=N1. The molecule has 2 heterocycles. The maximum atomic E-state index is 12.4. The molecule has 29 heavy (non-hydrogen) atoms. The number of nitro benzene ring substituents is 1. The van der Waals surface area contributed by atoms with Gasteiger partial charge in [-0.25, -0.2) is 9.79 Å². The molecule has 0 saturated carbocycles. The second kappa shape index (κ2) is 7.36. The molecule has 2 N–H and O–H groups in total. The molecule has 2 aromatic carbocycles. The van der Waals surface area contributed by atoms with Gasteiger partial charge in [-0.2, -0.15) is 5.10 Å². The van der Waals surface area contributed by atoms with Gasteiger partial charge >= 0.3 is 5.97 Å². The van der Waals surface area contributed by atoms with Crippen molar-refractivity contribution in [2.24, 2.45) is 4.99 Å². The number of hydrogen-bond donors (Lipinski definition) is 2. The lowest BCUT2D eigenvalue weighted by molar-refractivity contribution is -0.383. The molecule has 0 amide bonds. The van der Waals surface area contributed by atoms with Crippen molar-refractivity contribution in [3.8, 4) is 0 Å². The fourth-order valence-electron chi connectivity index (χ4n) is 3.10. The number of ether oxygens (including phenoxy) is 1. The molecule has 0 aliphatic carbocycles. The number of non-ortho nitro benzene ring substituents is 1. The van der Waals surface area contributed by atoms with Crippen LogP contribution in [0.25, 0.3) is 10.9 Å². The molecule has 4 rings (SSSR count). The van der Waals surface area contributed by atoms with Crippen LogP contribution in [-0.4, -0.2) is 33.4 Å². The topological polar surface area (TPSA) is 123 Å². The predicted octanol–water partition coefficient (Wildman–Crippen LogP) is 3.79. The summed E-state index contributed by atoms with van der Waals surface area (Å²) < 4.78 is 5.07. The molecule has 0 bridgehead atoms. The van der Waals surface area contributed by atoms with E-state index in [0.717, 1.165) is 0 Å². The first-order chi connectivity index (χ1) is 14.0. The quantitative estimate of drug-likeness (QED) is 0.382. The minimum atomic E-state index is -0.629. The lowest BCUT2D eigenvalue weighted by Crippen LogP contribution is -2.10. The van der Waals surface area contributed by atoms with Crippen LogP contribution in [0.15, 0.2) is 53.4 Å². The van der Waals surface area contributed by atoms with Crippen molar-refractivity contribution in [2.75, 3.05) is 11.9 Å². The van der Waals surface area contributed by atoms with Crippen LogP contribution in [0, 0.1) is 10.1 Å². The number of nitrogens with one attached hydrogen (secondary N) is 2. The molecule has 1 aliphatic rings. The molecule has 1 aliphatic heterocycles. The highest BCUT2D eigenvalue weighted by atomic mass is 35.5. The average molecular weight is 412 g/mol. The monoisotopic (exact) mass is 411 g/mol. The Hall–Kier alpha value is -3.72. The van der Waals surface area contributed by atoms with Crippen LogP contribution in [0.1, 0.15) is 18.1 Å². The Morgan fingerprint density at radius 2 is 2.10 bits per heavy atom. The van der Waals surface area contributed by atoms with Gasteiger partial charge < -0.3 is 10.1 Å². The largest absolute Gasteiger partial charge is 0.461 e. The van der Waals surface area contributed by atoms with Gasteiger partial charge in [0.2, 0.25) is 0 Å². The van der Waals surface area contributed by atoms with E-state index in [4.69, 9.17) is 16.3 Å². The van der Waals surface area contributed by atoms with Crippen molar-refractivity contribution in [3.63, 3.8) is 0 Å². The van der Waals surface area contributed by atoms with Gasteiger partial charge in [0.25, 0.3) is 5.69 Å². The maximum absolute atomic E-state index is 12.4. The summed E-state index contributed by atoms with van der Waals surface area (Å²) in [7, 11) is 0. The van der Waals surface area contributed by atoms with E-state index < -0.39 is 10.9 Å². The first kappa shape index (κ1) is 18.6. The second-order valence-corrected chi connectivity index (χ2v) is 6.48. The first-order valence-electron chi connectivity index (χ1n) is 8.63. The van der Waals surface area contributed by atoms with Gasteiger partial charge in [0.05, 0.1) is 34.5 Å². The zero-order valence-electron chi connectivity index (χ0n) is 15.1. The highest BCUT2D eigenvalue weighted by Gasteiger charge is 2.27. The number of H-pyrrole nitrogens is 1. The van der Waals surface area contributed by atoms with Gasteiger partial charge in [0.1, 0.15) is 5.52 Å². The lowest BCUT2D eigenvalue weighted by atomic mass is 9.97. The van der Waals surface area contributed by atoms with E-state index in [2.05, 4.69) is 20.5 Å². The Labute approximate surface area is 169 Å². The van der Waals surface area contributed by atoms with Gasteiger partial charge in [-0.1, -0.05) is 29.8 Å². The summed E-state index contributed by atoms with van der Waals surface area (Å²) in [4.78, 5) is 27.9. The van der Waals surface area contributed by atoms with E-state index in [0.29, 0.717) is 32.9 Å². The first-order valence-corrected chi connectivity index (χ1v) is 9.01. The van der Waals surface area contributed by atoms with E-state index in [1.54, 1.807) is 31.2 Å². The molecule has 0 spiro atoms. The zero-order valence-corrected chi connectivity index (χ0v) is 15.9. The van der Waals surface area contributed by atoms with E-state index >= 15 is 0 Å². The summed E-state index contributed by atoms with van der Waals surface area (Å²) in [5.74, 6) is -0.629. The smallest absolute Gasteiger partial charge is 0.358 e. The number of rotatable bonds is 4. The Morgan fingerprint density at radius 3 is 2.83 bits per heavy atom. The maximum Gasteiger partial charge on any atom is 0.358 e. The van der Waals surface area contributed by atoms with Crippen LogP contribution in [0.2, 0.25) is 5.02 Å². The minimum absolute atomic E-state index is 0.0114. The van der Waals surface area contributed by atoms with Crippen LogP contribution < -0.4 is 5.32 Å². The van der Waals surface area contributed by atoms with Gasteiger partial charge in [-0.05, 0) is 13.0 Å². The molecule has 10 heteroatoms. The minimum Gasteiger partial charge on any atom is -0.461 e. The van der Waals surface area contributed by atoms with Crippen LogP contribution in [0.4, 0.5) is 11.4 Å². The number of fused-ring (bicyclic) bond motifs is 3. The molecule has 1 aromatic heterocycles. The summed E-state index contributed by atoms with van der Waals surface area (Å²) >= 11 is 6.38. The molecule has 0 saturated heterocycles. The third-order valence-corrected chi connectivity index (χ3v) is 4.70. The predicted molar refractivity (Wildman–Crippen MR) is 108 cm³/mol. The Bertz CT molecular complexity index is 1210. The van der Waals surface area contributed by atoms with Crippen molar-refractivity contribution >= 4 is 45.6 Å². The third kappa shape index (κ3) is 3.21. The fourth-order valence-corrected chi connectivity index (χ4v) is 3.33. The van der Waals surface area contributed by atoms with Gasteiger partial charge in [-0.3, -0.25) is 15.2 Å². The fraction of sp³-hybridized carbons (Fsp3) is 0.105. The Morgan fingerprint density at radius 1 is 1.31 bits per heavy atom. The van der Waals surface area contributed by atoms with E-state index in [9.17, 15) is 14.9 Å². The number of anilines is 1. The van der Waals surface area contributed by atoms with Crippen LogP contribution in [-0.2, 0) is 9.53 Å². The van der Waals surface area contributed by atoms with E-state index in [1.807, 2.05) is 0 Å². The molecule has 146 valence electrons. The number of aromatic amines is 1. The summed E-state index contributed by atoms with van der Waals surface area (Å²) in [5.41, 5.74) is 1.85. The summed E-state index contributed by atoms with van der Waals surface area (Å²) in [6.07, 6.45) is 2.88. The number of hydrogen-bond acceptors (Lipinski definition) is 7. The van der Waals surface area contributed by atoms with Crippen LogP contribution in [0.3, 0.4) is 0 Å². The average Bonchev–Trinajstić information content (AvgIpc) is 3.10. The number of nitrogens with zero attached hydrogens (tertiary/aromatic N) is 3. The van der Waals surface area contributed by atoms with Gasteiger partial charge in [0, 0.05) is 28.4 Å². The number of benzene rings is 2. The van der Waals surface area contributed by atoms with Crippen molar-refractivity contribution in [1.82, 2.24) is 10.2 Å². The van der Waals surface area contributed by atoms with Gasteiger partial charge in [-0.15, -0.1) is 0 Å². The summed E-state index contributed by atoms with van der Waals surface area (Å²) in [6, 6.07) is 8.31. The van der Waals surface area contributed by atoms with Crippen molar-refractivity contribution < 1.29 is 14.5 Å². The van der Waals surface area contributed by atoms with Gasteiger partial charge in [0.15, 0.2) is 5.70 Å². The number of esters is 1.